The van der Waals surface area contributed by atoms with Crippen molar-refractivity contribution in [2.75, 3.05) is 13.1 Å². The van der Waals surface area contributed by atoms with E-state index in [1.54, 1.807) is 0 Å². The molecule has 1 aliphatic heterocycles. The van der Waals surface area contributed by atoms with Crippen molar-refractivity contribution in [1.29, 1.82) is 0 Å². The lowest BCUT2D eigenvalue weighted by atomic mass is 10.1. The highest BCUT2D eigenvalue weighted by Gasteiger charge is 2.50. The molecule has 0 bridgehead atoms. The molecule has 0 atom stereocenters. The molecule has 2 aliphatic rings. The number of carbonyl (C=O) groups excluding carboxylic acids is 1. The molecule has 0 unspecified atom stereocenters. The number of hydrogen-bond donors (Lipinski definition) is 0. The summed E-state index contributed by atoms with van der Waals surface area (Å²) in [4.78, 5) is 13.7. The summed E-state index contributed by atoms with van der Waals surface area (Å²) in [6, 6.07) is 0. The molecule has 0 aromatic rings. The number of piperidine rings is 1. The van der Waals surface area contributed by atoms with E-state index in [1.165, 1.54) is 6.42 Å². The summed E-state index contributed by atoms with van der Waals surface area (Å²) in [6.45, 7) is 6.03. The topological polar surface area (TPSA) is 29.5 Å². The van der Waals surface area contributed by atoms with E-state index >= 15 is 0 Å². The van der Waals surface area contributed by atoms with Crippen molar-refractivity contribution in [3.63, 3.8) is 0 Å². The Balaban J connectivity index is 1.86. The molecule has 2 fully saturated rings. The molecule has 0 radical (unpaired) electrons. The lowest BCUT2D eigenvalue weighted by molar-refractivity contribution is 0.0230. The summed E-state index contributed by atoms with van der Waals surface area (Å²) in [7, 11) is 0. The minimum Gasteiger partial charge on any atom is -0.443 e. The van der Waals surface area contributed by atoms with Gasteiger partial charge in [-0.05, 0) is 38.0 Å². The lowest BCUT2D eigenvalue weighted by Gasteiger charge is -2.29. The third-order valence-corrected chi connectivity index (χ3v) is 3.70. The van der Waals surface area contributed by atoms with E-state index in [-0.39, 0.29) is 11.7 Å². The first-order chi connectivity index (χ1) is 7.14. The highest BCUT2D eigenvalue weighted by atomic mass is 16.6. The third kappa shape index (κ3) is 2.27. The Morgan fingerprint density at radius 1 is 1.20 bits per heavy atom. The molecular weight excluding hydrogens is 190 g/mol. The molecule has 0 aromatic heterocycles. The van der Waals surface area contributed by atoms with E-state index in [2.05, 4.69) is 13.8 Å². The number of hydrogen-bond acceptors (Lipinski definition) is 2. The van der Waals surface area contributed by atoms with Gasteiger partial charge in [0.05, 0.1) is 0 Å². The van der Waals surface area contributed by atoms with Crippen molar-refractivity contribution in [3.05, 3.63) is 0 Å². The van der Waals surface area contributed by atoms with Gasteiger partial charge in [0.15, 0.2) is 0 Å². The highest BCUT2D eigenvalue weighted by molar-refractivity contribution is 5.68. The van der Waals surface area contributed by atoms with Crippen LogP contribution in [0.4, 0.5) is 4.79 Å². The number of nitrogens with zero attached hydrogens (tertiary/aromatic N) is 1. The minimum absolute atomic E-state index is 0.0825. The average Bonchev–Trinajstić information content (AvgIpc) is 3.00. The fraction of sp³-hybridized carbons (Fsp3) is 0.917. The molecule has 2 rings (SSSR count). The Morgan fingerprint density at radius 2 is 1.80 bits per heavy atom. The van der Waals surface area contributed by atoms with Crippen LogP contribution in [0.1, 0.15) is 46.0 Å². The average molecular weight is 211 g/mol. The second-order valence-corrected chi connectivity index (χ2v) is 5.14. The lowest BCUT2D eigenvalue weighted by Crippen LogP contribution is -2.39. The van der Waals surface area contributed by atoms with Crippen molar-refractivity contribution < 1.29 is 9.53 Å². The van der Waals surface area contributed by atoms with Gasteiger partial charge in [0.2, 0.25) is 0 Å². The summed E-state index contributed by atoms with van der Waals surface area (Å²) in [6.07, 6.45) is 5.52. The fourth-order valence-corrected chi connectivity index (χ4v) is 2.24. The Kier molecular flexibility index (Phi) is 2.89. The maximum absolute atomic E-state index is 11.9. The number of rotatable bonds is 2. The van der Waals surface area contributed by atoms with E-state index in [4.69, 9.17) is 4.74 Å². The summed E-state index contributed by atoms with van der Waals surface area (Å²) in [5.74, 6) is 0.450. The molecule has 0 aromatic carbocycles. The van der Waals surface area contributed by atoms with Crippen molar-refractivity contribution >= 4 is 6.09 Å². The number of likely N-dealkylation sites (tertiary alicyclic amines) is 1. The maximum atomic E-state index is 11.9. The quantitative estimate of drug-likeness (QED) is 0.703. The molecule has 0 spiro atoms. The van der Waals surface area contributed by atoms with Crippen LogP contribution in [0.25, 0.3) is 0 Å². The minimum atomic E-state index is -0.117. The number of amides is 1. The van der Waals surface area contributed by atoms with Gasteiger partial charge >= 0.3 is 6.09 Å². The normalized spacial score (nSPS) is 24.1. The molecule has 86 valence electrons. The van der Waals surface area contributed by atoms with Gasteiger partial charge in [0.1, 0.15) is 5.60 Å². The maximum Gasteiger partial charge on any atom is 0.410 e. The van der Waals surface area contributed by atoms with Crippen molar-refractivity contribution in [2.24, 2.45) is 5.92 Å². The van der Waals surface area contributed by atoms with Crippen LogP contribution in [-0.4, -0.2) is 29.7 Å². The monoisotopic (exact) mass is 211 g/mol. The van der Waals surface area contributed by atoms with Crippen LogP contribution in [0.5, 0.6) is 0 Å². The van der Waals surface area contributed by atoms with Crippen molar-refractivity contribution in [2.45, 2.75) is 51.6 Å². The smallest absolute Gasteiger partial charge is 0.410 e. The van der Waals surface area contributed by atoms with Crippen LogP contribution in [0.3, 0.4) is 0 Å². The van der Waals surface area contributed by atoms with E-state index in [0.717, 1.165) is 38.8 Å². The van der Waals surface area contributed by atoms with Crippen LogP contribution in [-0.2, 0) is 4.74 Å². The van der Waals surface area contributed by atoms with Gasteiger partial charge in [-0.15, -0.1) is 0 Å². The van der Waals surface area contributed by atoms with Crippen LogP contribution in [0, 0.1) is 5.92 Å². The zero-order chi connectivity index (χ0) is 10.9. The van der Waals surface area contributed by atoms with Gasteiger partial charge in [-0.1, -0.05) is 13.8 Å². The molecule has 1 saturated heterocycles. The predicted molar refractivity (Wildman–Crippen MR) is 58.7 cm³/mol. The van der Waals surface area contributed by atoms with E-state index in [0.29, 0.717) is 5.92 Å². The molecule has 0 N–H and O–H groups in total. The first kappa shape index (κ1) is 10.8. The standard InChI is InChI=1S/C12H21NO2/c1-10(2)12(6-7-12)15-11(14)13-8-4-3-5-9-13/h10H,3-9H2,1-2H3. The zero-order valence-electron chi connectivity index (χ0n) is 9.79. The molecule has 3 heteroatoms. The number of ether oxygens (including phenoxy) is 1. The SMILES string of the molecule is CC(C)C1(OC(=O)N2CCCCC2)CC1. The van der Waals surface area contributed by atoms with Gasteiger partial charge in [0, 0.05) is 13.1 Å². The summed E-state index contributed by atoms with van der Waals surface area (Å²) >= 11 is 0. The Morgan fingerprint density at radius 3 is 2.27 bits per heavy atom. The first-order valence-corrected chi connectivity index (χ1v) is 6.12. The van der Waals surface area contributed by atoms with Gasteiger partial charge in [-0.2, -0.15) is 0 Å². The highest BCUT2D eigenvalue weighted by Crippen LogP contribution is 2.46. The second-order valence-electron chi connectivity index (χ2n) is 5.14. The Labute approximate surface area is 91.8 Å². The van der Waals surface area contributed by atoms with Crippen LogP contribution < -0.4 is 0 Å². The van der Waals surface area contributed by atoms with E-state index < -0.39 is 0 Å². The van der Waals surface area contributed by atoms with E-state index in [9.17, 15) is 4.79 Å². The predicted octanol–water partition coefficient (Wildman–Crippen LogP) is 2.80. The molecule has 1 saturated carbocycles. The number of carbonyl (C=O) groups is 1. The van der Waals surface area contributed by atoms with Crippen LogP contribution >= 0.6 is 0 Å². The van der Waals surface area contributed by atoms with Crippen molar-refractivity contribution in [3.8, 4) is 0 Å². The van der Waals surface area contributed by atoms with Crippen molar-refractivity contribution in [1.82, 2.24) is 4.90 Å². The third-order valence-electron chi connectivity index (χ3n) is 3.70. The summed E-state index contributed by atoms with van der Waals surface area (Å²) in [5.41, 5.74) is -0.117. The fourth-order valence-electron chi connectivity index (χ4n) is 2.24. The van der Waals surface area contributed by atoms with E-state index in [1.807, 2.05) is 4.90 Å². The molecule has 1 amide bonds. The molecule has 1 heterocycles. The summed E-state index contributed by atoms with van der Waals surface area (Å²) in [5, 5.41) is 0. The zero-order valence-corrected chi connectivity index (χ0v) is 9.79. The molecular formula is C12H21NO2. The molecule has 15 heavy (non-hydrogen) atoms. The molecule has 1 aliphatic carbocycles. The van der Waals surface area contributed by atoms with Crippen LogP contribution in [0.15, 0.2) is 0 Å². The van der Waals surface area contributed by atoms with Gasteiger partial charge in [-0.25, -0.2) is 4.79 Å². The Bertz CT molecular complexity index is 240. The largest absolute Gasteiger partial charge is 0.443 e. The molecule has 3 nitrogen and oxygen atoms in total. The second kappa shape index (κ2) is 4.03. The van der Waals surface area contributed by atoms with Gasteiger partial charge in [0.25, 0.3) is 0 Å². The first-order valence-electron chi connectivity index (χ1n) is 6.12. The van der Waals surface area contributed by atoms with Gasteiger partial charge in [-0.3, -0.25) is 0 Å². The van der Waals surface area contributed by atoms with Gasteiger partial charge < -0.3 is 9.64 Å². The van der Waals surface area contributed by atoms with Crippen LogP contribution in [0.2, 0.25) is 0 Å². The Hall–Kier alpha value is -0.730. The summed E-state index contributed by atoms with van der Waals surface area (Å²) < 4.78 is 5.64.